The number of hydrogen-bond acceptors (Lipinski definition) is 4. The molecule has 4 nitrogen and oxygen atoms in total. The number of nitrogens with zero attached hydrogens (tertiary/aromatic N) is 2. The number of aryl methyl sites for hydroxylation is 1. The van der Waals surface area contributed by atoms with Gasteiger partial charge in [0.15, 0.2) is 5.75 Å². The third-order valence-corrected chi connectivity index (χ3v) is 2.66. The summed E-state index contributed by atoms with van der Waals surface area (Å²) in [6.07, 6.45) is 1.80. The third kappa shape index (κ3) is 2.21. The van der Waals surface area contributed by atoms with Crippen LogP contribution in [0, 0.1) is 6.92 Å². The molecule has 15 heavy (non-hydrogen) atoms. The van der Waals surface area contributed by atoms with E-state index in [-0.39, 0.29) is 0 Å². The Hall–Kier alpha value is -1.29. The van der Waals surface area contributed by atoms with Gasteiger partial charge >= 0.3 is 0 Å². The Bertz CT molecular complexity index is 335. The van der Waals surface area contributed by atoms with E-state index in [2.05, 4.69) is 21.3 Å². The SMILES string of the molecule is COc1cnc(C)cc1N1CCNCC1. The van der Waals surface area contributed by atoms with E-state index in [1.807, 2.05) is 6.92 Å². The number of aromatic nitrogens is 1. The van der Waals surface area contributed by atoms with Crippen LogP contribution >= 0.6 is 0 Å². The van der Waals surface area contributed by atoms with Crippen LogP contribution in [0.15, 0.2) is 12.3 Å². The first-order chi connectivity index (χ1) is 7.31. The molecule has 1 fully saturated rings. The molecule has 0 aliphatic carbocycles. The fraction of sp³-hybridized carbons (Fsp3) is 0.545. The van der Waals surface area contributed by atoms with Crippen molar-refractivity contribution < 1.29 is 4.74 Å². The van der Waals surface area contributed by atoms with Gasteiger partial charge in [0.05, 0.1) is 19.0 Å². The molecule has 1 N–H and O–H groups in total. The highest BCUT2D eigenvalue weighted by atomic mass is 16.5. The van der Waals surface area contributed by atoms with Crippen molar-refractivity contribution in [3.05, 3.63) is 18.0 Å². The van der Waals surface area contributed by atoms with Crippen LogP contribution in [-0.4, -0.2) is 38.3 Å². The number of anilines is 1. The molecule has 0 aromatic carbocycles. The molecule has 1 aliphatic heterocycles. The number of piperazine rings is 1. The van der Waals surface area contributed by atoms with Crippen LogP contribution in [0.25, 0.3) is 0 Å². The lowest BCUT2D eigenvalue weighted by molar-refractivity contribution is 0.411. The third-order valence-electron chi connectivity index (χ3n) is 2.66. The first-order valence-electron chi connectivity index (χ1n) is 5.27. The minimum Gasteiger partial charge on any atom is -0.493 e. The maximum atomic E-state index is 5.33. The number of hydrogen-bond donors (Lipinski definition) is 1. The molecule has 0 saturated carbocycles. The molecule has 0 radical (unpaired) electrons. The van der Waals surface area contributed by atoms with Crippen molar-refractivity contribution >= 4 is 5.69 Å². The first-order valence-corrected chi connectivity index (χ1v) is 5.27. The van der Waals surface area contributed by atoms with Crippen molar-refractivity contribution in [3.8, 4) is 5.75 Å². The van der Waals surface area contributed by atoms with Gasteiger partial charge in [-0.15, -0.1) is 0 Å². The van der Waals surface area contributed by atoms with Crippen molar-refractivity contribution in [2.75, 3.05) is 38.2 Å². The Morgan fingerprint density at radius 1 is 1.40 bits per heavy atom. The van der Waals surface area contributed by atoms with Gasteiger partial charge in [-0.1, -0.05) is 0 Å². The molecule has 82 valence electrons. The van der Waals surface area contributed by atoms with E-state index in [1.165, 1.54) is 0 Å². The zero-order valence-electron chi connectivity index (χ0n) is 9.29. The first kappa shape index (κ1) is 10.2. The fourth-order valence-corrected chi connectivity index (χ4v) is 1.84. The number of ether oxygens (including phenoxy) is 1. The van der Waals surface area contributed by atoms with E-state index in [1.54, 1.807) is 13.3 Å². The Morgan fingerprint density at radius 3 is 2.80 bits per heavy atom. The van der Waals surface area contributed by atoms with Crippen LogP contribution in [0.2, 0.25) is 0 Å². The van der Waals surface area contributed by atoms with Gasteiger partial charge in [0.2, 0.25) is 0 Å². The molecule has 2 heterocycles. The van der Waals surface area contributed by atoms with E-state index in [0.29, 0.717) is 0 Å². The predicted molar refractivity (Wildman–Crippen MR) is 60.6 cm³/mol. The van der Waals surface area contributed by atoms with Crippen LogP contribution in [0.4, 0.5) is 5.69 Å². The standard InChI is InChI=1S/C11H17N3O/c1-9-7-10(11(15-2)8-13-9)14-5-3-12-4-6-14/h7-8,12H,3-6H2,1-2H3. The summed E-state index contributed by atoms with van der Waals surface area (Å²) in [4.78, 5) is 6.58. The Morgan fingerprint density at radius 2 is 2.13 bits per heavy atom. The normalized spacial score (nSPS) is 16.5. The van der Waals surface area contributed by atoms with Gasteiger partial charge in [0.1, 0.15) is 0 Å². The molecule has 2 rings (SSSR count). The summed E-state index contributed by atoms with van der Waals surface area (Å²) in [6, 6.07) is 2.09. The number of pyridine rings is 1. The summed E-state index contributed by atoms with van der Waals surface area (Å²) in [6.45, 7) is 6.12. The van der Waals surface area contributed by atoms with Crippen molar-refractivity contribution in [2.24, 2.45) is 0 Å². The summed E-state index contributed by atoms with van der Waals surface area (Å²) in [5.41, 5.74) is 2.19. The van der Waals surface area contributed by atoms with Crippen LogP contribution in [-0.2, 0) is 0 Å². The second-order valence-corrected chi connectivity index (χ2v) is 3.73. The maximum Gasteiger partial charge on any atom is 0.160 e. The zero-order chi connectivity index (χ0) is 10.7. The smallest absolute Gasteiger partial charge is 0.160 e. The summed E-state index contributed by atoms with van der Waals surface area (Å²) in [5, 5.41) is 3.34. The number of rotatable bonds is 2. The Balaban J connectivity index is 2.27. The molecule has 1 aromatic rings. The van der Waals surface area contributed by atoms with E-state index in [0.717, 1.165) is 43.3 Å². The largest absolute Gasteiger partial charge is 0.493 e. The second-order valence-electron chi connectivity index (χ2n) is 3.73. The monoisotopic (exact) mass is 207 g/mol. The van der Waals surface area contributed by atoms with Crippen molar-refractivity contribution in [1.82, 2.24) is 10.3 Å². The molecule has 1 saturated heterocycles. The van der Waals surface area contributed by atoms with Gasteiger partial charge in [0, 0.05) is 31.9 Å². The predicted octanol–water partition coefficient (Wildman–Crippen LogP) is 0.808. The van der Waals surface area contributed by atoms with Crippen molar-refractivity contribution in [2.45, 2.75) is 6.92 Å². The lowest BCUT2D eigenvalue weighted by Gasteiger charge is -2.30. The van der Waals surface area contributed by atoms with Crippen LogP contribution in [0.3, 0.4) is 0 Å². The molecular formula is C11H17N3O. The van der Waals surface area contributed by atoms with Crippen LogP contribution in [0.5, 0.6) is 5.75 Å². The average molecular weight is 207 g/mol. The van der Waals surface area contributed by atoms with Gasteiger partial charge in [-0.05, 0) is 13.0 Å². The lowest BCUT2D eigenvalue weighted by atomic mass is 10.2. The van der Waals surface area contributed by atoms with Crippen molar-refractivity contribution in [1.29, 1.82) is 0 Å². The average Bonchev–Trinajstić information content (AvgIpc) is 2.30. The quantitative estimate of drug-likeness (QED) is 0.778. The van der Waals surface area contributed by atoms with Gasteiger partial charge in [-0.2, -0.15) is 0 Å². The van der Waals surface area contributed by atoms with Gasteiger partial charge < -0.3 is 15.0 Å². The van der Waals surface area contributed by atoms with E-state index in [9.17, 15) is 0 Å². The maximum absolute atomic E-state index is 5.33. The topological polar surface area (TPSA) is 37.4 Å². The molecule has 0 spiro atoms. The van der Waals surface area contributed by atoms with Gasteiger partial charge in [-0.3, -0.25) is 4.98 Å². The minimum atomic E-state index is 0.863. The van der Waals surface area contributed by atoms with Crippen LogP contribution in [0.1, 0.15) is 5.69 Å². The highest BCUT2D eigenvalue weighted by molar-refractivity contribution is 5.58. The lowest BCUT2D eigenvalue weighted by Crippen LogP contribution is -2.43. The van der Waals surface area contributed by atoms with Gasteiger partial charge in [0.25, 0.3) is 0 Å². The fourth-order valence-electron chi connectivity index (χ4n) is 1.84. The summed E-state index contributed by atoms with van der Waals surface area (Å²) in [7, 11) is 1.69. The highest BCUT2D eigenvalue weighted by Gasteiger charge is 2.14. The van der Waals surface area contributed by atoms with Crippen LogP contribution < -0.4 is 15.0 Å². The minimum absolute atomic E-state index is 0.863. The highest BCUT2D eigenvalue weighted by Crippen LogP contribution is 2.27. The molecule has 0 bridgehead atoms. The summed E-state index contributed by atoms with van der Waals surface area (Å²) >= 11 is 0. The second kappa shape index (κ2) is 4.49. The van der Waals surface area contributed by atoms with Crippen molar-refractivity contribution in [3.63, 3.8) is 0 Å². The Labute approximate surface area is 90.3 Å². The molecule has 0 unspecified atom stereocenters. The number of nitrogens with one attached hydrogen (secondary N) is 1. The summed E-state index contributed by atoms with van der Waals surface area (Å²) < 4.78 is 5.33. The molecule has 4 heteroatoms. The summed E-state index contributed by atoms with van der Waals surface area (Å²) in [5.74, 6) is 0.863. The molecule has 1 aliphatic rings. The number of methoxy groups -OCH3 is 1. The molecular weight excluding hydrogens is 190 g/mol. The zero-order valence-corrected chi connectivity index (χ0v) is 9.29. The van der Waals surface area contributed by atoms with E-state index >= 15 is 0 Å². The van der Waals surface area contributed by atoms with Gasteiger partial charge in [-0.25, -0.2) is 0 Å². The molecule has 0 atom stereocenters. The Kier molecular flexibility index (Phi) is 3.06. The molecule has 0 amide bonds. The molecule has 1 aromatic heterocycles. The van der Waals surface area contributed by atoms with E-state index < -0.39 is 0 Å². The van der Waals surface area contributed by atoms with E-state index in [4.69, 9.17) is 4.74 Å².